The number of ether oxygens (including phenoxy) is 1. The van der Waals surface area contributed by atoms with Gasteiger partial charge in [0.05, 0.1) is 6.61 Å². The predicted octanol–water partition coefficient (Wildman–Crippen LogP) is 1.88. The molecular weight excluding hydrogens is 264 g/mol. The molecule has 3 rings (SSSR count). The Bertz CT molecular complexity index is 428. The molecule has 116 valence electrons. The van der Waals surface area contributed by atoms with E-state index in [1.54, 1.807) is 19.5 Å². The molecule has 3 atom stereocenters. The maximum atomic E-state index is 5.22. The number of nitrogens with one attached hydrogen (secondary N) is 1. The van der Waals surface area contributed by atoms with E-state index < -0.39 is 0 Å². The molecule has 1 saturated heterocycles. The second kappa shape index (κ2) is 7.18. The van der Waals surface area contributed by atoms with Crippen molar-refractivity contribution in [2.24, 2.45) is 17.8 Å². The van der Waals surface area contributed by atoms with Gasteiger partial charge in [-0.05, 0) is 36.7 Å². The highest BCUT2D eigenvalue weighted by molar-refractivity contribution is 5.22. The van der Waals surface area contributed by atoms with Crippen molar-refractivity contribution < 1.29 is 4.74 Å². The Morgan fingerprint density at radius 3 is 2.95 bits per heavy atom. The summed E-state index contributed by atoms with van der Waals surface area (Å²) in [7, 11) is 1.79. The van der Waals surface area contributed by atoms with Crippen molar-refractivity contribution in [3.63, 3.8) is 0 Å². The lowest BCUT2D eigenvalue weighted by atomic mass is 9.74. The molecule has 1 saturated carbocycles. The molecule has 5 heteroatoms. The standard InChI is InChI=1S/C16H26N4O/c1-21-9-8-20-11-14-5-2-4-13(15(14)12-20)10-19-16-17-6-3-7-18-16/h3,6-7,13-15H,2,4-5,8-12H2,1H3,(H,17,18,19)/t13-,14+,15-/m0/s1. The first-order valence-electron chi connectivity index (χ1n) is 8.09. The fraction of sp³-hybridized carbons (Fsp3) is 0.750. The van der Waals surface area contributed by atoms with Crippen LogP contribution in [0.5, 0.6) is 0 Å². The maximum absolute atomic E-state index is 5.22. The Labute approximate surface area is 127 Å². The minimum Gasteiger partial charge on any atom is -0.383 e. The van der Waals surface area contributed by atoms with Gasteiger partial charge in [0, 0.05) is 45.7 Å². The minimum atomic E-state index is 0.750. The van der Waals surface area contributed by atoms with Gasteiger partial charge in [-0.15, -0.1) is 0 Å². The lowest BCUT2D eigenvalue weighted by Gasteiger charge is -2.33. The number of nitrogens with zero attached hydrogens (tertiary/aromatic N) is 3. The van der Waals surface area contributed by atoms with Gasteiger partial charge in [0.1, 0.15) is 0 Å². The van der Waals surface area contributed by atoms with Gasteiger partial charge in [-0.25, -0.2) is 9.97 Å². The number of fused-ring (bicyclic) bond motifs is 1. The summed E-state index contributed by atoms with van der Waals surface area (Å²) in [4.78, 5) is 11.1. The summed E-state index contributed by atoms with van der Waals surface area (Å²) in [5, 5.41) is 3.42. The maximum Gasteiger partial charge on any atom is 0.222 e. The van der Waals surface area contributed by atoms with Gasteiger partial charge in [0.15, 0.2) is 0 Å². The summed E-state index contributed by atoms with van der Waals surface area (Å²) < 4.78 is 5.22. The van der Waals surface area contributed by atoms with E-state index in [2.05, 4.69) is 20.2 Å². The van der Waals surface area contributed by atoms with E-state index in [4.69, 9.17) is 4.74 Å². The Hall–Kier alpha value is -1.20. The van der Waals surface area contributed by atoms with E-state index >= 15 is 0 Å². The average molecular weight is 290 g/mol. The van der Waals surface area contributed by atoms with Gasteiger partial charge < -0.3 is 15.0 Å². The number of hydrogen-bond donors (Lipinski definition) is 1. The first kappa shape index (κ1) is 14.7. The second-order valence-corrected chi connectivity index (χ2v) is 6.32. The molecule has 0 bridgehead atoms. The first-order chi connectivity index (χ1) is 10.4. The third kappa shape index (κ3) is 3.71. The molecule has 21 heavy (non-hydrogen) atoms. The molecular formula is C16H26N4O. The fourth-order valence-corrected chi connectivity index (χ4v) is 3.95. The molecule has 1 aliphatic heterocycles. The van der Waals surface area contributed by atoms with Crippen molar-refractivity contribution >= 4 is 5.95 Å². The molecule has 5 nitrogen and oxygen atoms in total. The molecule has 1 aromatic heterocycles. The number of rotatable bonds is 6. The highest BCUT2D eigenvalue weighted by atomic mass is 16.5. The number of anilines is 1. The molecule has 0 radical (unpaired) electrons. The summed E-state index contributed by atoms with van der Waals surface area (Å²) in [6, 6.07) is 1.85. The van der Waals surface area contributed by atoms with Crippen LogP contribution in [0, 0.1) is 17.8 Å². The zero-order valence-corrected chi connectivity index (χ0v) is 12.9. The summed E-state index contributed by atoms with van der Waals surface area (Å²) in [5.74, 6) is 3.21. The van der Waals surface area contributed by atoms with Crippen LogP contribution in [-0.2, 0) is 4.74 Å². The van der Waals surface area contributed by atoms with Gasteiger partial charge in [0.25, 0.3) is 0 Å². The monoisotopic (exact) mass is 290 g/mol. The molecule has 1 aromatic rings. The summed E-state index contributed by atoms with van der Waals surface area (Å²) in [6.45, 7) is 5.41. The number of aromatic nitrogens is 2. The van der Waals surface area contributed by atoms with Gasteiger partial charge in [0.2, 0.25) is 5.95 Å². The summed E-state index contributed by atoms with van der Waals surface area (Å²) in [6.07, 6.45) is 7.68. The van der Waals surface area contributed by atoms with Crippen LogP contribution >= 0.6 is 0 Å². The van der Waals surface area contributed by atoms with E-state index in [-0.39, 0.29) is 0 Å². The van der Waals surface area contributed by atoms with Gasteiger partial charge in [-0.3, -0.25) is 0 Å². The molecule has 1 N–H and O–H groups in total. The van der Waals surface area contributed by atoms with E-state index in [1.807, 2.05) is 6.07 Å². The Balaban J connectivity index is 1.53. The van der Waals surface area contributed by atoms with Crippen molar-refractivity contribution in [1.29, 1.82) is 0 Å². The zero-order valence-electron chi connectivity index (χ0n) is 12.9. The van der Waals surface area contributed by atoms with Crippen LogP contribution < -0.4 is 5.32 Å². The van der Waals surface area contributed by atoms with Crippen molar-refractivity contribution in [1.82, 2.24) is 14.9 Å². The van der Waals surface area contributed by atoms with Crippen LogP contribution in [0.4, 0.5) is 5.95 Å². The number of hydrogen-bond acceptors (Lipinski definition) is 5. The topological polar surface area (TPSA) is 50.3 Å². The summed E-state index contributed by atoms with van der Waals surface area (Å²) >= 11 is 0. The molecule has 0 unspecified atom stereocenters. The van der Waals surface area contributed by atoms with Crippen molar-refractivity contribution in [2.45, 2.75) is 19.3 Å². The van der Waals surface area contributed by atoms with E-state index in [9.17, 15) is 0 Å². The molecule has 0 spiro atoms. The molecule has 2 heterocycles. The zero-order chi connectivity index (χ0) is 14.5. The molecule has 2 aliphatic rings. The van der Waals surface area contributed by atoms with Crippen LogP contribution in [0.15, 0.2) is 18.5 Å². The SMILES string of the molecule is COCCN1C[C@H]2CCC[C@@H](CNc3ncccn3)[C@@H]2C1. The van der Waals surface area contributed by atoms with Crippen LogP contribution in [0.25, 0.3) is 0 Å². The number of methoxy groups -OCH3 is 1. The van der Waals surface area contributed by atoms with Crippen LogP contribution in [0.3, 0.4) is 0 Å². The molecule has 0 amide bonds. The largest absolute Gasteiger partial charge is 0.383 e. The van der Waals surface area contributed by atoms with Crippen LogP contribution in [0.2, 0.25) is 0 Å². The first-order valence-corrected chi connectivity index (χ1v) is 8.09. The lowest BCUT2D eigenvalue weighted by Crippen LogP contribution is -2.32. The Morgan fingerprint density at radius 1 is 1.29 bits per heavy atom. The fourth-order valence-electron chi connectivity index (χ4n) is 3.95. The normalized spacial score (nSPS) is 29.3. The molecule has 0 aromatic carbocycles. The highest BCUT2D eigenvalue weighted by Crippen LogP contribution is 2.39. The Kier molecular flexibility index (Phi) is 5.04. The van der Waals surface area contributed by atoms with Gasteiger partial charge in [-0.2, -0.15) is 0 Å². The quantitative estimate of drug-likeness (QED) is 0.867. The minimum absolute atomic E-state index is 0.750. The van der Waals surface area contributed by atoms with E-state index in [0.717, 1.165) is 43.4 Å². The smallest absolute Gasteiger partial charge is 0.222 e. The summed E-state index contributed by atoms with van der Waals surface area (Å²) in [5.41, 5.74) is 0. The van der Waals surface area contributed by atoms with Gasteiger partial charge in [-0.1, -0.05) is 6.42 Å². The van der Waals surface area contributed by atoms with Crippen LogP contribution in [-0.4, -0.2) is 54.8 Å². The van der Waals surface area contributed by atoms with Crippen molar-refractivity contribution in [2.75, 3.05) is 45.2 Å². The van der Waals surface area contributed by atoms with Crippen molar-refractivity contribution in [3.05, 3.63) is 18.5 Å². The van der Waals surface area contributed by atoms with Crippen molar-refractivity contribution in [3.8, 4) is 0 Å². The number of likely N-dealkylation sites (tertiary alicyclic amines) is 1. The average Bonchev–Trinajstić information content (AvgIpc) is 2.95. The molecule has 1 aliphatic carbocycles. The highest BCUT2D eigenvalue weighted by Gasteiger charge is 2.39. The second-order valence-electron chi connectivity index (χ2n) is 6.32. The Morgan fingerprint density at radius 2 is 2.14 bits per heavy atom. The predicted molar refractivity (Wildman–Crippen MR) is 83.2 cm³/mol. The van der Waals surface area contributed by atoms with Gasteiger partial charge >= 0.3 is 0 Å². The van der Waals surface area contributed by atoms with E-state index in [1.165, 1.54) is 32.4 Å². The molecule has 2 fully saturated rings. The van der Waals surface area contributed by atoms with E-state index in [0.29, 0.717) is 0 Å². The third-order valence-corrected chi connectivity index (χ3v) is 5.02. The lowest BCUT2D eigenvalue weighted by molar-refractivity contribution is 0.156. The van der Waals surface area contributed by atoms with Crippen LogP contribution in [0.1, 0.15) is 19.3 Å². The third-order valence-electron chi connectivity index (χ3n) is 5.02.